The molecule has 0 saturated carbocycles. The molecule has 0 saturated heterocycles. The fourth-order valence-corrected chi connectivity index (χ4v) is 1.99. The molecule has 0 unspecified atom stereocenters. The Labute approximate surface area is 112 Å². The molecular formula is C12H10N2O6. The molecule has 0 atom stereocenters. The smallest absolute Gasteiger partial charge is 0.336 e. The molecular weight excluding hydrogens is 268 g/mol. The summed E-state index contributed by atoms with van der Waals surface area (Å²) in [6.07, 6.45) is 0. The second kappa shape index (κ2) is 4.65. The lowest BCUT2D eigenvalue weighted by molar-refractivity contribution is -0.384. The van der Waals surface area contributed by atoms with Crippen LogP contribution in [0.4, 0.5) is 5.69 Å². The highest BCUT2D eigenvalue weighted by molar-refractivity contribution is 6.04. The van der Waals surface area contributed by atoms with Crippen LogP contribution in [0.3, 0.4) is 0 Å². The van der Waals surface area contributed by atoms with Crippen LogP contribution in [0.1, 0.15) is 10.4 Å². The van der Waals surface area contributed by atoms with Crippen molar-refractivity contribution in [2.75, 3.05) is 7.11 Å². The van der Waals surface area contributed by atoms with Gasteiger partial charge in [0.05, 0.1) is 29.2 Å². The minimum atomic E-state index is -1.34. The summed E-state index contributed by atoms with van der Waals surface area (Å²) in [5, 5.41) is 20.1. The number of methoxy groups -OCH3 is 1. The number of benzene rings is 1. The number of nitrogens with zero attached hydrogens (tertiary/aromatic N) is 2. The number of carbonyl (C=O) groups is 1. The van der Waals surface area contributed by atoms with Crippen molar-refractivity contribution in [1.82, 2.24) is 4.57 Å². The van der Waals surface area contributed by atoms with Crippen molar-refractivity contribution >= 4 is 22.6 Å². The van der Waals surface area contributed by atoms with Gasteiger partial charge < -0.3 is 14.4 Å². The number of pyridine rings is 1. The number of aromatic nitrogens is 1. The summed E-state index contributed by atoms with van der Waals surface area (Å²) in [6.45, 7) is 0. The third kappa shape index (κ3) is 1.96. The number of nitro benzene ring substituents is 1. The molecule has 1 aromatic heterocycles. The standard InChI is InChI=1S/C12H10N2O6/c1-13-10(15)5-8(12(16)17)7-3-6(14(18)19)4-9(20-2)11(7)13/h3-5H,1-2H3,(H,16,17). The summed E-state index contributed by atoms with van der Waals surface area (Å²) in [7, 11) is 2.72. The van der Waals surface area contributed by atoms with Gasteiger partial charge in [-0.25, -0.2) is 4.79 Å². The number of ether oxygens (including phenoxy) is 1. The van der Waals surface area contributed by atoms with Gasteiger partial charge in [0.15, 0.2) is 0 Å². The lowest BCUT2D eigenvalue weighted by Gasteiger charge is -2.11. The van der Waals surface area contributed by atoms with Crippen LogP contribution in [0.2, 0.25) is 0 Å². The predicted molar refractivity (Wildman–Crippen MR) is 69.4 cm³/mol. The molecule has 1 aromatic carbocycles. The number of hydrogen-bond acceptors (Lipinski definition) is 5. The van der Waals surface area contributed by atoms with Crippen LogP contribution >= 0.6 is 0 Å². The van der Waals surface area contributed by atoms with Crippen LogP contribution in [-0.2, 0) is 7.05 Å². The van der Waals surface area contributed by atoms with E-state index < -0.39 is 16.5 Å². The molecule has 8 nitrogen and oxygen atoms in total. The monoisotopic (exact) mass is 278 g/mol. The van der Waals surface area contributed by atoms with E-state index in [9.17, 15) is 19.7 Å². The van der Waals surface area contributed by atoms with E-state index in [2.05, 4.69) is 0 Å². The molecule has 0 aliphatic carbocycles. The Hall–Kier alpha value is -2.90. The first-order chi connectivity index (χ1) is 9.36. The third-order valence-electron chi connectivity index (χ3n) is 2.94. The van der Waals surface area contributed by atoms with Gasteiger partial charge in [0.25, 0.3) is 11.2 Å². The number of carboxylic acid groups (broad SMARTS) is 1. The fourth-order valence-electron chi connectivity index (χ4n) is 1.99. The zero-order valence-electron chi connectivity index (χ0n) is 10.6. The normalized spacial score (nSPS) is 10.5. The Bertz CT molecular complexity index is 793. The van der Waals surface area contributed by atoms with Crippen LogP contribution in [0.15, 0.2) is 23.0 Å². The van der Waals surface area contributed by atoms with Crippen molar-refractivity contribution in [3.05, 3.63) is 44.2 Å². The minimum Gasteiger partial charge on any atom is -0.494 e. The number of nitro groups is 1. The summed E-state index contributed by atoms with van der Waals surface area (Å²) in [4.78, 5) is 33.2. The van der Waals surface area contributed by atoms with Crippen molar-refractivity contribution in [2.24, 2.45) is 7.05 Å². The zero-order valence-corrected chi connectivity index (χ0v) is 10.6. The molecule has 0 fully saturated rings. The number of aromatic carboxylic acids is 1. The molecule has 0 bridgehead atoms. The third-order valence-corrected chi connectivity index (χ3v) is 2.94. The number of aryl methyl sites for hydroxylation is 1. The van der Waals surface area contributed by atoms with E-state index >= 15 is 0 Å². The molecule has 0 aliphatic heterocycles. The van der Waals surface area contributed by atoms with Gasteiger partial charge in [-0.1, -0.05) is 0 Å². The van der Waals surface area contributed by atoms with Gasteiger partial charge in [0.2, 0.25) is 0 Å². The van der Waals surface area contributed by atoms with E-state index in [4.69, 9.17) is 9.84 Å². The number of non-ortho nitro benzene ring substituents is 1. The molecule has 2 aromatic rings. The number of hydrogen-bond donors (Lipinski definition) is 1. The van der Waals surface area contributed by atoms with E-state index in [1.807, 2.05) is 0 Å². The summed E-state index contributed by atoms with van der Waals surface area (Å²) in [5.74, 6) is -1.27. The number of rotatable bonds is 3. The molecule has 20 heavy (non-hydrogen) atoms. The van der Waals surface area contributed by atoms with Crippen molar-refractivity contribution in [3.63, 3.8) is 0 Å². The second-order valence-electron chi connectivity index (χ2n) is 4.06. The summed E-state index contributed by atoms with van der Waals surface area (Å²) in [5.41, 5.74) is -0.953. The summed E-state index contributed by atoms with van der Waals surface area (Å²) in [6, 6.07) is 3.18. The molecule has 1 N–H and O–H groups in total. The maximum absolute atomic E-state index is 11.8. The van der Waals surface area contributed by atoms with Crippen LogP contribution in [0.5, 0.6) is 5.75 Å². The predicted octanol–water partition coefficient (Wildman–Crippen LogP) is 1.15. The van der Waals surface area contributed by atoms with E-state index in [1.165, 1.54) is 18.7 Å². The maximum atomic E-state index is 11.8. The van der Waals surface area contributed by atoms with Gasteiger partial charge in [0, 0.05) is 24.6 Å². The fraction of sp³-hybridized carbons (Fsp3) is 0.167. The molecule has 0 radical (unpaired) electrons. The van der Waals surface area contributed by atoms with Crippen LogP contribution in [0, 0.1) is 10.1 Å². The van der Waals surface area contributed by atoms with E-state index in [1.54, 1.807) is 0 Å². The number of fused-ring (bicyclic) bond motifs is 1. The van der Waals surface area contributed by atoms with Crippen molar-refractivity contribution in [3.8, 4) is 5.75 Å². The highest BCUT2D eigenvalue weighted by Crippen LogP contribution is 2.31. The highest BCUT2D eigenvalue weighted by atomic mass is 16.6. The molecule has 0 amide bonds. The molecule has 8 heteroatoms. The van der Waals surface area contributed by atoms with Crippen molar-refractivity contribution in [2.45, 2.75) is 0 Å². The molecule has 104 valence electrons. The van der Waals surface area contributed by atoms with Gasteiger partial charge in [-0.3, -0.25) is 14.9 Å². The molecule has 1 heterocycles. The first-order valence-corrected chi connectivity index (χ1v) is 5.46. The van der Waals surface area contributed by atoms with Crippen molar-refractivity contribution < 1.29 is 19.6 Å². The van der Waals surface area contributed by atoms with Gasteiger partial charge in [-0.05, 0) is 0 Å². The first kappa shape index (κ1) is 13.5. The Kier molecular flexibility index (Phi) is 3.15. The SMILES string of the molecule is COc1cc([N+](=O)[O-])cc2c(C(=O)O)cc(=O)n(C)c12. The van der Waals surface area contributed by atoms with Crippen molar-refractivity contribution in [1.29, 1.82) is 0 Å². The lowest BCUT2D eigenvalue weighted by Crippen LogP contribution is -2.19. The van der Waals surface area contributed by atoms with E-state index in [0.717, 1.165) is 18.2 Å². The Balaban J connectivity index is 3.07. The van der Waals surface area contributed by atoms with Gasteiger partial charge >= 0.3 is 5.97 Å². The quantitative estimate of drug-likeness (QED) is 0.665. The van der Waals surface area contributed by atoms with Crippen LogP contribution in [-0.4, -0.2) is 27.7 Å². The number of carboxylic acids is 1. The van der Waals surface area contributed by atoms with Gasteiger partial charge in [-0.15, -0.1) is 0 Å². The molecule has 0 aliphatic rings. The van der Waals surface area contributed by atoms with E-state index in [-0.39, 0.29) is 27.9 Å². The van der Waals surface area contributed by atoms with Gasteiger partial charge in [-0.2, -0.15) is 0 Å². The Morgan fingerprint density at radius 1 is 1.40 bits per heavy atom. The second-order valence-corrected chi connectivity index (χ2v) is 4.06. The average molecular weight is 278 g/mol. The Morgan fingerprint density at radius 3 is 2.55 bits per heavy atom. The summed E-state index contributed by atoms with van der Waals surface area (Å²) >= 11 is 0. The lowest BCUT2D eigenvalue weighted by atomic mass is 10.1. The first-order valence-electron chi connectivity index (χ1n) is 5.46. The van der Waals surface area contributed by atoms with Crippen LogP contribution in [0.25, 0.3) is 10.9 Å². The Morgan fingerprint density at radius 2 is 2.05 bits per heavy atom. The minimum absolute atomic E-state index is 0.0666. The van der Waals surface area contributed by atoms with Crippen LogP contribution < -0.4 is 10.3 Å². The van der Waals surface area contributed by atoms with Gasteiger partial charge in [0.1, 0.15) is 5.75 Å². The largest absolute Gasteiger partial charge is 0.494 e. The topological polar surface area (TPSA) is 112 Å². The highest BCUT2D eigenvalue weighted by Gasteiger charge is 2.20. The molecule has 0 spiro atoms. The maximum Gasteiger partial charge on any atom is 0.336 e. The molecule has 2 rings (SSSR count). The average Bonchev–Trinajstić information content (AvgIpc) is 2.40. The zero-order chi connectivity index (χ0) is 15.0. The van der Waals surface area contributed by atoms with E-state index in [0.29, 0.717) is 0 Å². The summed E-state index contributed by atoms with van der Waals surface area (Å²) < 4.78 is 6.22.